The number of halogens is 2. The molecule has 0 aliphatic heterocycles. The van der Waals surface area contributed by atoms with Gasteiger partial charge in [-0.15, -0.1) is 0 Å². The topological polar surface area (TPSA) is 29.1 Å². The third-order valence-electron chi connectivity index (χ3n) is 3.26. The van der Waals surface area contributed by atoms with Gasteiger partial charge in [-0.25, -0.2) is 4.39 Å². The molecule has 0 aliphatic rings. The summed E-state index contributed by atoms with van der Waals surface area (Å²) in [5.74, 6) is -0.678. The molecule has 2 aromatic carbocycles. The minimum Gasteiger partial charge on any atom is -0.350 e. The fourth-order valence-electron chi connectivity index (χ4n) is 2.07. The molecule has 2 aromatic rings. The van der Waals surface area contributed by atoms with Crippen molar-refractivity contribution in [2.75, 3.05) is 0 Å². The molecule has 0 aliphatic carbocycles. The van der Waals surface area contributed by atoms with Crippen molar-refractivity contribution in [1.29, 1.82) is 0 Å². The minimum atomic E-state index is -0.416. The van der Waals surface area contributed by atoms with Crippen LogP contribution in [-0.4, -0.2) is 11.9 Å². The van der Waals surface area contributed by atoms with Crippen molar-refractivity contribution in [3.05, 3.63) is 69.9 Å². The van der Waals surface area contributed by atoms with E-state index in [0.29, 0.717) is 10.0 Å². The summed E-state index contributed by atoms with van der Waals surface area (Å²) >= 11 is 3.27. The maximum absolute atomic E-state index is 13.2. The Balaban J connectivity index is 1.91. The van der Waals surface area contributed by atoms with Gasteiger partial charge < -0.3 is 5.32 Å². The Morgan fingerprint density at radius 2 is 1.95 bits per heavy atom. The van der Waals surface area contributed by atoms with Crippen molar-refractivity contribution in [2.24, 2.45) is 0 Å². The summed E-state index contributed by atoms with van der Waals surface area (Å²) in [7, 11) is 0. The molecule has 0 saturated heterocycles. The van der Waals surface area contributed by atoms with E-state index in [9.17, 15) is 9.18 Å². The maximum atomic E-state index is 13.2. The second kappa shape index (κ2) is 7.36. The molecule has 110 valence electrons. The Morgan fingerprint density at radius 3 is 2.67 bits per heavy atom. The Bertz CT molecular complexity index is 615. The number of aryl methyl sites for hydroxylation is 1. The predicted octanol–water partition coefficient (Wildman–Crippen LogP) is 4.34. The van der Waals surface area contributed by atoms with Crippen LogP contribution in [0.2, 0.25) is 0 Å². The van der Waals surface area contributed by atoms with Crippen molar-refractivity contribution in [3.63, 3.8) is 0 Å². The van der Waals surface area contributed by atoms with Gasteiger partial charge in [0.2, 0.25) is 0 Å². The highest BCUT2D eigenvalue weighted by Gasteiger charge is 2.13. The lowest BCUT2D eigenvalue weighted by atomic mass is 10.1. The van der Waals surface area contributed by atoms with Crippen LogP contribution in [0.3, 0.4) is 0 Å². The van der Waals surface area contributed by atoms with E-state index in [0.717, 1.165) is 12.8 Å². The standard InChI is InChI=1S/C17H17BrFNO/c1-12(7-8-13-5-3-2-4-6-13)20-17(21)15-11-14(19)9-10-16(15)18/h2-6,9-12H,7-8H2,1H3,(H,20,21). The minimum absolute atomic E-state index is 0.0212. The van der Waals surface area contributed by atoms with Crippen LogP contribution in [-0.2, 0) is 6.42 Å². The molecule has 21 heavy (non-hydrogen) atoms. The van der Waals surface area contributed by atoms with Gasteiger partial charge in [-0.2, -0.15) is 0 Å². The zero-order chi connectivity index (χ0) is 15.2. The molecule has 4 heteroatoms. The largest absolute Gasteiger partial charge is 0.350 e. The molecule has 0 spiro atoms. The number of nitrogens with one attached hydrogen (secondary N) is 1. The van der Waals surface area contributed by atoms with Gasteiger partial charge in [-0.05, 0) is 59.5 Å². The lowest BCUT2D eigenvalue weighted by molar-refractivity contribution is 0.0937. The van der Waals surface area contributed by atoms with Gasteiger partial charge in [0.25, 0.3) is 5.91 Å². The first-order valence-electron chi connectivity index (χ1n) is 6.86. The molecule has 0 heterocycles. The highest BCUT2D eigenvalue weighted by atomic mass is 79.9. The highest BCUT2D eigenvalue weighted by molar-refractivity contribution is 9.10. The Kier molecular flexibility index (Phi) is 5.51. The number of amides is 1. The van der Waals surface area contributed by atoms with Gasteiger partial charge in [0, 0.05) is 10.5 Å². The van der Waals surface area contributed by atoms with Gasteiger partial charge in [0.1, 0.15) is 5.82 Å². The van der Waals surface area contributed by atoms with Crippen molar-refractivity contribution < 1.29 is 9.18 Å². The van der Waals surface area contributed by atoms with Crippen molar-refractivity contribution >= 4 is 21.8 Å². The summed E-state index contributed by atoms with van der Waals surface area (Å²) < 4.78 is 13.8. The van der Waals surface area contributed by atoms with Gasteiger partial charge in [-0.3, -0.25) is 4.79 Å². The molecule has 1 unspecified atom stereocenters. The Labute approximate surface area is 132 Å². The van der Waals surface area contributed by atoms with Crippen LogP contribution >= 0.6 is 15.9 Å². The smallest absolute Gasteiger partial charge is 0.252 e. The molecule has 0 bridgehead atoms. The van der Waals surface area contributed by atoms with Crippen LogP contribution in [0.25, 0.3) is 0 Å². The van der Waals surface area contributed by atoms with Crippen molar-refractivity contribution in [3.8, 4) is 0 Å². The fourth-order valence-corrected chi connectivity index (χ4v) is 2.50. The SMILES string of the molecule is CC(CCc1ccccc1)NC(=O)c1cc(F)ccc1Br. The zero-order valence-electron chi connectivity index (χ0n) is 11.8. The summed E-state index contributed by atoms with van der Waals surface area (Å²) in [6.45, 7) is 1.95. The highest BCUT2D eigenvalue weighted by Crippen LogP contribution is 2.18. The van der Waals surface area contributed by atoms with Crippen molar-refractivity contribution in [2.45, 2.75) is 25.8 Å². The lowest BCUT2D eigenvalue weighted by Gasteiger charge is -2.14. The van der Waals surface area contributed by atoms with Crippen molar-refractivity contribution in [1.82, 2.24) is 5.32 Å². The molecule has 2 nitrogen and oxygen atoms in total. The number of hydrogen-bond donors (Lipinski definition) is 1. The van der Waals surface area contributed by atoms with Crippen LogP contribution in [0, 0.1) is 5.82 Å². The van der Waals surface area contributed by atoms with Crippen LogP contribution in [0.15, 0.2) is 53.0 Å². The molecular weight excluding hydrogens is 333 g/mol. The fraction of sp³-hybridized carbons (Fsp3) is 0.235. The number of benzene rings is 2. The van der Waals surface area contributed by atoms with E-state index < -0.39 is 5.82 Å². The molecule has 2 rings (SSSR count). The van der Waals surface area contributed by atoms with Gasteiger partial charge in [0.15, 0.2) is 0 Å². The predicted molar refractivity (Wildman–Crippen MR) is 85.8 cm³/mol. The first kappa shape index (κ1) is 15.7. The molecule has 1 atom stereocenters. The first-order valence-corrected chi connectivity index (χ1v) is 7.65. The Morgan fingerprint density at radius 1 is 1.24 bits per heavy atom. The molecule has 0 aromatic heterocycles. The molecule has 0 saturated carbocycles. The molecule has 0 fully saturated rings. The number of carbonyl (C=O) groups excluding carboxylic acids is 1. The Hall–Kier alpha value is -1.68. The number of carbonyl (C=O) groups is 1. The lowest BCUT2D eigenvalue weighted by Crippen LogP contribution is -2.33. The summed E-state index contributed by atoms with van der Waals surface area (Å²) in [5, 5.41) is 2.90. The summed E-state index contributed by atoms with van der Waals surface area (Å²) in [6.07, 6.45) is 1.73. The molecule has 0 radical (unpaired) electrons. The normalized spacial score (nSPS) is 12.0. The van der Waals surface area contributed by atoms with E-state index >= 15 is 0 Å². The van der Waals surface area contributed by atoms with Gasteiger partial charge in [-0.1, -0.05) is 30.3 Å². The van der Waals surface area contributed by atoms with E-state index in [1.807, 2.05) is 25.1 Å². The zero-order valence-corrected chi connectivity index (χ0v) is 13.4. The van der Waals surface area contributed by atoms with Crippen LogP contribution in [0.4, 0.5) is 4.39 Å². The molecule has 1 amide bonds. The summed E-state index contributed by atoms with van der Waals surface area (Å²) in [5.41, 5.74) is 1.56. The third-order valence-corrected chi connectivity index (χ3v) is 3.95. The van der Waals surface area contributed by atoms with E-state index in [-0.39, 0.29) is 11.9 Å². The summed E-state index contributed by atoms with van der Waals surface area (Å²) in [6, 6.07) is 14.2. The first-order chi connectivity index (χ1) is 10.1. The number of rotatable bonds is 5. The van der Waals surface area contributed by atoms with Crippen LogP contribution < -0.4 is 5.32 Å². The summed E-state index contributed by atoms with van der Waals surface area (Å²) in [4.78, 5) is 12.1. The average molecular weight is 350 g/mol. The van der Waals surface area contributed by atoms with Gasteiger partial charge >= 0.3 is 0 Å². The molecular formula is C17H17BrFNO. The quantitative estimate of drug-likeness (QED) is 0.854. The van der Waals surface area contributed by atoms with Crippen LogP contribution in [0.1, 0.15) is 29.3 Å². The van der Waals surface area contributed by atoms with E-state index in [4.69, 9.17) is 0 Å². The average Bonchev–Trinajstić information content (AvgIpc) is 2.48. The third kappa shape index (κ3) is 4.67. The second-order valence-corrected chi connectivity index (χ2v) is 5.88. The van der Waals surface area contributed by atoms with E-state index in [2.05, 4.69) is 33.4 Å². The number of hydrogen-bond acceptors (Lipinski definition) is 1. The van der Waals surface area contributed by atoms with E-state index in [1.54, 1.807) is 6.07 Å². The second-order valence-electron chi connectivity index (χ2n) is 5.02. The molecule has 1 N–H and O–H groups in total. The maximum Gasteiger partial charge on any atom is 0.252 e. The monoisotopic (exact) mass is 349 g/mol. The van der Waals surface area contributed by atoms with E-state index in [1.165, 1.54) is 17.7 Å². The van der Waals surface area contributed by atoms with Crippen LogP contribution in [0.5, 0.6) is 0 Å². The van der Waals surface area contributed by atoms with Gasteiger partial charge in [0.05, 0.1) is 5.56 Å².